The van der Waals surface area contributed by atoms with Gasteiger partial charge in [0.2, 0.25) is 15.9 Å². The van der Waals surface area contributed by atoms with Crippen molar-refractivity contribution in [2.45, 2.75) is 63.9 Å². The number of piperidine rings is 1. The predicted octanol–water partition coefficient (Wildman–Crippen LogP) is 3.80. The zero-order chi connectivity index (χ0) is 21.5. The Kier molecular flexibility index (Phi) is 5.77. The van der Waals surface area contributed by atoms with E-state index >= 15 is 0 Å². The maximum absolute atomic E-state index is 13.3. The van der Waals surface area contributed by atoms with E-state index < -0.39 is 10.0 Å². The molecule has 1 saturated heterocycles. The molecule has 2 heterocycles. The first-order valence-corrected chi connectivity index (χ1v) is 12.1. The van der Waals surface area contributed by atoms with E-state index in [0.29, 0.717) is 43.4 Å². The zero-order valence-corrected chi connectivity index (χ0v) is 18.7. The summed E-state index contributed by atoms with van der Waals surface area (Å²) in [6, 6.07) is 7.85. The van der Waals surface area contributed by atoms with Gasteiger partial charge in [-0.1, -0.05) is 17.7 Å². The van der Waals surface area contributed by atoms with Crippen LogP contribution < -0.4 is 0 Å². The number of aryl methyl sites for hydroxylation is 3. The van der Waals surface area contributed by atoms with E-state index in [0.717, 1.165) is 35.3 Å². The Morgan fingerprint density at radius 1 is 1.10 bits per heavy atom. The topological polar surface area (TPSA) is 70.8 Å². The molecular formula is C23H30N2O4S. The summed E-state index contributed by atoms with van der Waals surface area (Å²) in [5.41, 5.74) is 2.62. The average molecular weight is 431 g/mol. The number of sulfonamides is 1. The third kappa shape index (κ3) is 4.18. The first kappa shape index (κ1) is 21.1. The van der Waals surface area contributed by atoms with Gasteiger partial charge in [0.15, 0.2) is 0 Å². The molecule has 162 valence electrons. The molecule has 0 atom stereocenters. The number of amides is 1. The summed E-state index contributed by atoms with van der Waals surface area (Å²) in [7, 11) is -3.56. The van der Waals surface area contributed by atoms with E-state index in [4.69, 9.17) is 4.42 Å². The fourth-order valence-corrected chi connectivity index (χ4v) is 6.51. The second kappa shape index (κ2) is 8.19. The number of carbonyl (C=O) groups excluding carboxylic acids is 1. The molecule has 6 nitrogen and oxygen atoms in total. The minimum absolute atomic E-state index is 0.132. The van der Waals surface area contributed by atoms with Crippen molar-refractivity contribution < 1.29 is 17.6 Å². The summed E-state index contributed by atoms with van der Waals surface area (Å²) in [6.07, 6.45) is 4.81. The molecule has 2 aliphatic rings. The Bertz CT molecular complexity index is 994. The fraction of sp³-hybridized carbons (Fsp3) is 0.522. The van der Waals surface area contributed by atoms with Gasteiger partial charge in [-0.3, -0.25) is 4.79 Å². The van der Waals surface area contributed by atoms with E-state index in [9.17, 15) is 13.2 Å². The molecular weight excluding hydrogens is 400 g/mol. The van der Waals surface area contributed by atoms with Gasteiger partial charge < -0.3 is 9.32 Å². The van der Waals surface area contributed by atoms with E-state index in [-0.39, 0.29) is 11.8 Å². The molecule has 1 aliphatic heterocycles. The van der Waals surface area contributed by atoms with E-state index in [2.05, 4.69) is 0 Å². The van der Waals surface area contributed by atoms with Gasteiger partial charge in [0.05, 0.1) is 17.7 Å². The average Bonchev–Trinajstić information content (AvgIpc) is 3.40. The van der Waals surface area contributed by atoms with Crippen LogP contribution in [0.4, 0.5) is 0 Å². The Morgan fingerprint density at radius 2 is 1.73 bits per heavy atom. The van der Waals surface area contributed by atoms with E-state index in [1.165, 1.54) is 0 Å². The quantitative estimate of drug-likeness (QED) is 0.699. The monoisotopic (exact) mass is 430 g/mol. The van der Waals surface area contributed by atoms with Gasteiger partial charge in [-0.2, -0.15) is 4.31 Å². The lowest BCUT2D eigenvalue weighted by Gasteiger charge is -2.34. The molecule has 0 unspecified atom stereocenters. The van der Waals surface area contributed by atoms with Gasteiger partial charge in [0.1, 0.15) is 5.76 Å². The van der Waals surface area contributed by atoms with Crippen molar-refractivity contribution >= 4 is 15.9 Å². The summed E-state index contributed by atoms with van der Waals surface area (Å²) in [4.78, 5) is 15.5. The highest BCUT2D eigenvalue weighted by molar-refractivity contribution is 7.89. The van der Waals surface area contributed by atoms with Crippen molar-refractivity contribution in [2.24, 2.45) is 5.92 Å². The Morgan fingerprint density at radius 3 is 2.27 bits per heavy atom. The van der Waals surface area contributed by atoms with Crippen molar-refractivity contribution in [3.8, 4) is 0 Å². The largest absolute Gasteiger partial charge is 0.467 e. The number of hydrogen-bond acceptors (Lipinski definition) is 4. The van der Waals surface area contributed by atoms with Crippen LogP contribution in [0.1, 0.15) is 48.1 Å². The first-order valence-electron chi connectivity index (χ1n) is 10.7. The van der Waals surface area contributed by atoms with Crippen LogP contribution in [0.2, 0.25) is 0 Å². The number of carbonyl (C=O) groups is 1. The molecule has 0 spiro atoms. The fourth-order valence-electron chi connectivity index (χ4n) is 4.62. The SMILES string of the molecule is Cc1cc(C)c(S(=O)(=O)N2CCC(C(=O)N(Cc3ccco3)C3CC3)CC2)c(C)c1. The summed E-state index contributed by atoms with van der Waals surface area (Å²) in [6.45, 7) is 6.94. The number of nitrogens with zero attached hydrogens (tertiary/aromatic N) is 2. The highest BCUT2D eigenvalue weighted by atomic mass is 32.2. The van der Waals surface area contributed by atoms with E-state index in [1.54, 1.807) is 10.6 Å². The second-order valence-electron chi connectivity index (χ2n) is 8.68. The van der Waals surface area contributed by atoms with Crippen LogP contribution in [0.15, 0.2) is 39.8 Å². The Hall–Kier alpha value is -2.12. The van der Waals surface area contributed by atoms with Crippen LogP contribution in [0, 0.1) is 26.7 Å². The van der Waals surface area contributed by atoms with Crippen molar-refractivity contribution in [1.82, 2.24) is 9.21 Å². The summed E-state index contributed by atoms with van der Waals surface area (Å²) in [5.74, 6) is 0.793. The van der Waals surface area contributed by atoms with Gasteiger partial charge in [0.25, 0.3) is 0 Å². The smallest absolute Gasteiger partial charge is 0.243 e. The van der Waals surface area contributed by atoms with Crippen molar-refractivity contribution in [3.63, 3.8) is 0 Å². The maximum atomic E-state index is 13.3. The molecule has 1 amide bonds. The molecule has 1 aromatic carbocycles. The normalized spacial score (nSPS) is 18.5. The number of rotatable bonds is 6. The number of furan rings is 1. The second-order valence-corrected chi connectivity index (χ2v) is 10.6. The standard InChI is InChI=1S/C23H30N2O4S/c1-16-13-17(2)22(18(3)14-16)30(27,28)24-10-8-19(9-11-24)23(26)25(20-6-7-20)15-21-5-4-12-29-21/h4-5,12-14,19-20H,6-11,15H2,1-3H3. The molecule has 7 heteroatoms. The Balaban J connectivity index is 1.45. The minimum Gasteiger partial charge on any atom is -0.467 e. The molecule has 1 saturated carbocycles. The lowest BCUT2D eigenvalue weighted by atomic mass is 9.96. The molecule has 4 rings (SSSR count). The van der Waals surface area contributed by atoms with Crippen molar-refractivity contribution in [3.05, 3.63) is 53.0 Å². The highest BCUT2D eigenvalue weighted by Gasteiger charge is 2.39. The molecule has 2 fully saturated rings. The van der Waals surface area contributed by atoms with Crippen LogP contribution in [0.5, 0.6) is 0 Å². The van der Waals surface area contributed by atoms with Crippen LogP contribution in [0.3, 0.4) is 0 Å². The molecule has 0 bridgehead atoms. The number of hydrogen-bond donors (Lipinski definition) is 0. The van der Waals surface area contributed by atoms with Gasteiger partial charge in [-0.25, -0.2) is 8.42 Å². The Labute approximate surface area is 178 Å². The van der Waals surface area contributed by atoms with E-state index in [1.807, 2.05) is 49.9 Å². The summed E-state index contributed by atoms with van der Waals surface area (Å²) in [5, 5.41) is 0. The van der Waals surface area contributed by atoms with Gasteiger partial charge in [-0.05, 0) is 69.7 Å². The zero-order valence-electron chi connectivity index (χ0n) is 17.9. The van der Waals surface area contributed by atoms with Crippen LogP contribution >= 0.6 is 0 Å². The van der Waals surface area contributed by atoms with Crippen LogP contribution in [-0.2, 0) is 21.4 Å². The molecule has 1 aliphatic carbocycles. The van der Waals surface area contributed by atoms with Crippen molar-refractivity contribution in [2.75, 3.05) is 13.1 Å². The van der Waals surface area contributed by atoms with Gasteiger partial charge >= 0.3 is 0 Å². The minimum atomic E-state index is -3.56. The molecule has 30 heavy (non-hydrogen) atoms. The molecule has 0 N–H and O–H groups in total. The van der Waals surface area contributed by atoms with Gasteiger partial charge in [0, 0.05) is 25.0 Å². The summed E-state index contributed by atoms with van der Waals surface area (Å²) >= 11 is 0. The van der Waals surface area contributed by atoms with Crippen LogP contribution in [-0.4, -0.2) is 42.7 Å². The number of benzene rings is 1. The molecule has 0 radical (unpaired) electrons. The summed E-state index contributed by atoms with van der Waals surface area (Å²) < 4.78 is 33.6. The molecule has 1 aromatic heterocycles. The highest BCUT2D eigenvalue weighted by Crippen LogP contribution is 2.33. The predicted molar refractivity (Wildman–Crippen MR) is 114 cm³/mol. The van der Waals surface area contributed by atoms with Crippen LogP contribution in [0.25, 0.3) is 0 Å². The molecule has 2 aromatic rings. The third-order valence-corrected chi connectivity index (χ3v) is 8.39. The van der Waals surface area contributed by atoms with Crippen molar-refractivity contribution in [1.29, 1.82) is 0 Å². The lowest BCUT2D eigenvalue weighted by Crippen LogP contribution is -2.45. The maximum Gasteiger partial charge on any atom is 0.243 e. The lowest BCUT2D eigenvalue weighted by molar-refractivity contribution is -0.138. The first-order chi connectivity index (χ1) is 14.3. The van der Waals surface area contributed by atoms with Gasteiger partial charge in [-0.15, -0.1) is 0 Å². The third-order valence-electron chi connectivity index (χ3n) is 6.18.